The molecule has 1 aliphatic rings. The number of hydrogen-bond donors (Lipinski definition) is 2. The molecular formula is C16H16N2. The summed E-state index contributed by atoms with van der Waals surface area (Å²) < 4.78 is 0. The molecule has 18 heavy (non-hydrogen) atoms. The van der Waals surface area contributed by atoms with Gasteiger partial charge in [-0.25, -0.2) is 0 Å². The van der Waals surface area contributed by atoms with E-state index in [2.05, 4.69) is 47.4 Å². The highest BCUT2D eigenvalue weighted by Gasteiger charge is 2.34. The summed E-state index contributed by atoms with van der Waals surface area (Å²) in [5.41, 5.74) is 10.0. The number of nitrogens with two attached hydrogens (primary N) is 1. The number of rotatable bonds is 1. The monoisotopic (exact) mass is 236 g/mol. The summed E-state index contributed by atoms with van der Waals surface area (Å²) in [5.74, 6) is 0. The number of fused-ring (bicyclic) bond motifs is 3. The van der Waals surface area contributed by atoms with Crippen LogP contribution in [0.5, 0.6) is 0 Å². The molecule has 0 saturated heterocycles. The van der Waals surface area contributed by atoms with Crippen molar-refractivity contribution in [3.8, 4) is 0 Å². The standard InChI is InChI=1S/C16H16N2/c17-16(8-3-9-16)11-6-7-15-13(10-11)12-4-1-2-5-14(12)18-15/h1-2,4-7,10,18H,3,8-9,17H2. The average molecular weight is 236 g/mol. The van der Waals surface area contributed by atoms with Gasteiger partial charge in [0.15, 0.2) is 0 Å². The lowest BCUT2D eigenvalue weighted by Gasteiger charge is -2.38. The van der Waals surface area contributed by atoms with Gasteiger partial charge in [0, 0.05) is 27.3 Å². The van der Waals surface area contributed by atoms with Crippen molar-refractivity contribution >= 4 is 21.8 Å². The first-order chi connectivity index (χ1) is 8.76. The Morgan fingerprint density at radius 3 is 2.50 bits per heavy atom. The van der Waals surface area contributed by atoms with E-state index in [9.17, 15) is 0 Å². The van der Waals surface area contributed by atoms with Crippen molar-refractivity contribution in [2.45, 2.75) is 24.8 Å². The molecule has 4 rings (SSSR count). The number of para-hydroxylation sites is 1. The molecule has 0 aliphatic heterocycles. The first-order valence-corrected chi connectivity index (χ1v) is 6.56. The summed E-state index contributed by atoms with van der Waals surface area (Å²) in [6.07, 6.45) is 3.48. The Kier molecular flexibility index (Phi) is 1.90. The highest BCUT2D eigenvalue weighted by atomic mass is 14.8. The topological polar surface area (TPSA) is 41.8 Å². The third-order valence-corrected chi connectivity index (χ3v) is 4.33. The molecule has 1 aromatic heterocycles. The largest absolute Gasteiger partial charge is 0.355 e. The second kappa shape index (κ2) is 3.36. The minimum Gasteiger partial charge on any atom is -0.355 e. The van der Waals surface area contributed by atoms with Crippen LogP contribution in [0.1, 0.15) is 24.8 Å². The fourth-order valence-corrected chi connectivity index (χ4v) is 3.00. The van der Waals surface area contributed by atoms with Crippen molar-refractivity contribution in [3.05, 3.63) is 48.0 Å². The maximum Gasteiger partial charge on any atom is 0.0465 e. The molecule has 1 heterocycles. The van der Waals surface area contributed by atoms with Gasteiger partial charge in [-0.05, 0) is 43.0 Å². The zero-order valence-electron chi connectivity index (χ0n) is 10.2. The van der Waals surface area contributed by atoms with Crippen LogP contribution in [-0.4, -0.2) is 4.98 Å². The van der Waals surface area contributed by atoms with Gasteiger partial charge in [-0.1, -0.05) is 24.3 Å². The van der Waals surface area contributed by atoms with Gasteiger partial charge < -0.3 is 10.7 Å². The highest BCUT2D eigenvalue weighted by molar-refractivity contribution is 6.07. The van der Waals surface area contributed by atoms with Crippen molar-refractivity contribution in [3.63, 3.8) is 0 Å². The van der Waals surface area contributed by atoms with Gasteiger partial charge in [-0.15, -0.1) is 0 Å². The third-order valence-electron chi connectivity index (χ3n) is 4.33. The maximum absolute atomic E-state index is 6.42. The molecule has 2 nitrogen and oxygen atoms in total. The predicted molar refractivity (Wildman–Crippen MR) is 75.5 cm³/mol. The summed E-state index contributed by atoms with van der Waals surface area (Å²) in [4.78, 5) is 3.45. The van der Waals surface area contributed by atoms with Gasteiger partial charge in [0.25, 0.3) is 0 Å². The van der Waals surface area contributed by atoms with Crippen molar-refractivity contribution in [1.29, 1.82) is 0 Å². The summed E-state index contributed by atoms with van der Waals surface area (Å²) in [5, 5.41) is 2.58. The normalized spacial score (nSPS) is 18.1. The predicted octanol–water partition coefficient (Wildman–Crippen LogP) is 3.66. The molecule has 0 spiro atoms. The molecule has 2 heteroatoms. The Labute approximate surface area is 106 Å². The van der Waals surface area contributed by atoms with Crippen LogP contribution in [0.25, 0.3) is 21.8 Å². The zero-order valence-corrected chi connectivity index (χ0v) is 10.2. The van der Waals surface area contributed by atoms with Crippen LogP contribution in [0.4, 0.5) is 0 Å². The third kappa shape index (κ3) is 1.27. The molecule has 1 fully saturated rings. The molecule has 3 N–H and O–H groups in total. The molecule has 3 aromatic rings. The van der Waals surface area contributed by atoms with Crippen LogP contribution >= 0.6 is 0 Å². The van der Waals surface area contributed by atoms with Gasteiger partial charge >= 0.3 is 0 Å². The van der Waals surface area contributed by atoms with Gasteiger partial charge in [0.2, 0.25) is 0 Å². The zero-order chi connectivity index (χ0) is 12.2. The average Bonchev–Trinajstić information content (AvgIpc) is 2.73. The van der Waals surface area contributed by atoms with Crippen molar-refractivity contribution in [1.82, 2.24) is 4.98 Å². The van der Waals surface area contributed by atoms with Crippen molar-refractivity contribution in [2.75, 3.05) is 0 Å². The van der Waals surface area contributed by atoms with E-state index in [0.29, 0.717) is 0 Å². The van der Waals surface area contributed by atoms with E-state index >= 15 is 0 Å². The van der Waals surface area contributed by atoms with Gasteiger partial charge in [-0.2, -0.15) is 0 Å². The number of aromatic nitrogens is 1. The Bertz CT molecular complexity index is 735. The molecule has 0 radical (unpaired) electrons. The molecule has 90 valence electrons. The van der Waals surface area contributed by atoms with Gasteiger partial charge in [0.1, 0.15) is 0 Å². The van der Waals surface area contributed by atoms with Crippen LogP contribution < -0.4 is 5.73 Å². The molecular weight excluding hydrogens is 220 g/mol. The summed E-state index contributed by atoms with van der Waals surface area (Å²) in [7, 11) is 0. The lowest BCUT2D eigenvalue weighted by Crippen LogP contribution is -2.43. The van der Waals surface area contributed by atoms with E-state index in [1.807, 2.05) is 0 Å². The number of aromatic amines is 1. The first kappa shape index (κ1) is 10.2. The molecule has 2 aromatic carbocycles. The molecule has 1 saturated carbocycles. The first-order valence-electron chi connectivity index (χ1n) is 6.56. The fraction of sp³-hybridized carbons (Fsp3) is 0.250. The van der Waals surface area contributed by atoms with Gasteiger partial charge in [-0.3, -0.25) is 0 Å². The smallest absolute Gasteiger partial charge is 0.0465 e. The van der Waals surface area contributed by atoms with Crippen LogP contribution in [-0.2, 0) is 5.54 Å². The number of H-pyrrole nitrogens is 1. The Hall–Kier alpha value is -1.80. The van der Waals surface area contributed by atoms with E-state index < -0.39 is 0 Å². The minimum atomic E-state index is -0.0768. The number of benzene rings is 2. The number of nitrogens with one attached hydrogen (secondary N) is 1. The molecule has 0 bridgehead atoms. The minimum absolute atomic E-state index is 0.0768. The number of hydrogen-bond acceptors (Lipinski definition) is 1. The van der Waals surface area contributed by atoms with E-state index in [0.717, 1.165) is 12.8 Å². The van der Waals surface area contributed by atoms with Crippen LogP contribution in [0, 0.1) is 0 Å². The van der Waals surface area contributed by atoms with Crippen molar-refractivity contribution in [2.24, 2.45) is 5.73 Å². The highest BCUT2D eigenvalue weighted by Crippen LogP contribution is 2.40. The van der Waals surface area contributed by atoms with Crippen LogP contribution in [0.2, 0.25) is 0 Å². The second-order valence-corrected chi connectivity index (χ2v) is 5.44. The van der Waals surface area contributed by atoms with Crippen molar-refractivity contribution < 1.29 is 0 Å². The molecule has 1 aliphatic carbocycles. The van der Waals surface area contributed by atoms with E-state index in [1.165, 1.54) is 33.8 Å². The van der Waals surface area contributed by atoms with Crippen LogP contribution in [0.15, 0.2) is 42.5 Å². The molecule has 0 unspecified atom stereocenters. The Balaban J connectivity index is 2.01. The fourth-order valence-electron chi connectivity index (χ4n) is 3.00. The summed E-state index contributed by atoms with van der Waals surface area (Å²) in [6, 6.07) is 15.1. The Morgan fingerprint density at radius 2 is 1.72 bits per heavy atom. The summed E-state index contributed by atoms with van der Waals surface area (Å²) in [6.45, 7) is 0. The molecule has 0 amide bonds. The van der Waals surface area contributed by atoms with E-state index in [4.69, 9.17) is 5.73 Å². The Morgan fingerprint density at radius 1 is 0.944 bits per heavy atom. The molecule has 0 atom stereocenters. The second-order valence-electron chi connectivity index (χ2n) is 5.44. The lowest BCUT2D eigenvalue weighted by atomic mass is 9.72. The van der Waals surface area contributed by atoms with E-state index in [1.54, 1.807) is 0 Å². The SMILES string of the molecule is NC1(c2ccc3[nH]c4ccccc4c3c2)CCC1. The van der Waals surface area contributed by atoms with Gasteiger partial charge in [0.05, 0.1) is 0 Å². The van der Waals surface area contributed by atoms with E-state index in [-0.39, 0.29) is 5.54 Å². The lowest BCUT2D eigenvalue weighted by molar-refractivity contribution is 0.254. The summed E-state index contributed by atoms with van der Waals surface area (Å²) >= 11 is 0. The maximum atomic E-state index is 6.42. The van der Waals surface area contributed by atoms with Crippen LogP contribution in [0.3, 0.4) is 0 Å². The quantitative estimate of drug-likeness (QED) is 0.665.